The molecule has 0 saturated carbocycles. The number of carbonyl (C=O) groups excluding carboxylic acids is 1. The summed E-state index contributed by atoms with van der Waals surface area (Å²) in [7, 11) is 0. The number of carbonyl (C=O) groups is 1. The molecule has 8 nitrogen and oxygen atoms in total. The lowest BCUT2D eigenvalue weighted by molar-refractivity contribution is -0.131. The molecule has 9 heteroatoms. The molecule has 0 aromatic carbocycles. The highest BCUT2D eigenvalue weighted by atomic mass is 127. The van der Waals surface area contributed by atoms with E-state index >= 15 is 0 Å². The summed E-state index contributed by atoms with van der Waals surface area (Å²) in [6, 6.07) is 3.93. The molecule has 3 aliphatic rings. The van der Waals surface area contributed by atoms with Gasteiger partial charge in [-0.15, -0.1) is 24.0 Å². The van der Waals surface area contributed by atoms with E-state index in [0.717, 1.165) is 103 Å². The molecular weight excluding hydrogens is 509 g/mol. The van der Waals surface area contributed by atoms with Crippen LogP contribution < -0.4 is 5.32 Å². The van der Waals surface area contributed by atoms with E-state index in [1.807, 2.05) is 17.0 Å². The van der Waals surface area contributed by atoms with Gasteiger partial charge in [0, 0.05) is 71.3 Å². The van der Waals surface area contributed by atoms with Gasteiger partial charge in [-0.25, -0.2) is 0 Å². The van der Waals surface area contributed by atoms with E-state index in [1.54, 1.807) is 6.26 Å². The van der Waals surface area contributed by atoms with Crippen LogP contribution in [0.5, 0.6) is 0 Å². The third-order valence-electron chi connectivity index (χ3n) is 6.25. The Morgan fingerprint density at radius 3 is 2.61 bits per heavy atom. The van der Waals surface area contributed by atoms with Gasteiger partial charge in [0.15, 0.2) is 5.96 Å². The van der Waals surface area contributed by atoms with E-state index in [2.05, 4.69) is 15.1 Å². The summed E-state index contributed by atoms with van der Waals surface area (Å²) in [6.07, 6.45) is 5.94. The number of amides is 1. The van der Waals surface area contributed by atoms with E-state index in [4.69, 9.17) is 14.1 Å². The number of ether oxygens (including phenoxy) is 1. The molecule has 174 valence electrons. The van der Waals surface area contributed by atoms with E-state index in [1.165, 1.54) is 0 Å². The lowest BCUT2D eigenvalue weighted by Crippen LogP contribution is -2.54. The second-order valence-electron chi connectivity index (χ2n) is 8.50. The Morgan fingerprint density at radius 1 is 1.13 bits per heavy atom. The van der Waals surface area contributed by atoms with E-state index in [-0.39, 0.29) is 29.9 Å². The van der Waals surface area contributed by atoms with Crippen LogP contribution in [-0.4, -0.2) is 98.7 Å². The highest BCUT2D eigenvalue weighted by molar-refractivity contribution is 14.0. The molecule has 3 fully saturated rings. The van der Waals surface area contributed by atoms with Crippen molar-refractivity contribution in [2.24, 2.45) is 10.9 Å². The molecule has 3 aliphatic heterocycles. The fourth-order valence-electron chi connectivity index (χ4n) is 4.34. The van der Waals surface area contributed by atoms with Crippen molar-refractivity contribution in [2.45, 2.75) is 25.7 Å². The molecule has 1 unspecified atom stereocenters. The Bertz CT molecular complexity index is 679. The first-order valence-corrected chi connectivity index (χ1v) is 11.4. The van der Waals surface area contributed by atoms with Crippen LogP contribution in [-0.2, 0) is 16.0 Å². The largest absolute Gasteiger partial charge is 0.469 e. The minimum Gasteiger partial charge on any atom is -0.469 e. The van der Waals surface area contributed by atoms with E-state index in [0.29, 0.717) is 12.5 Å². The van der Waals surface area contributed by atoms with Gasteiger partial charge in [0.25, 0.3) is 0 Å². The molecule has 4 heterocycles. The molecule has 1 N–H and O–H groups in total. The van der Waals surface area contributed by atoms with Crippen molar-refractivity contribution in [3.63, 3.8) is 0 Å². The summed E-state index contributed by atoms with van der Waals surface area (Å²) >= 11 is 0. The Labute approximate surface area is 202 Å². The SMILES string of the molecule is I.O=C(CN1CCN(C(=NCC2CCOC2)NCCc2ccco2)CC1)N1CCCC1. The zero-order chi connectivity index (χ0) is 20.6. The van der Waals surface area contributed by atoms with Gasteiger partial charge in [-0.05, 0) is 31.4 Å². The van der Waals surface area contributed by atoms with Crippen molar-refractivity contribution < 1.29 is 13.9 Å². The minimum absolute atomic E-state index is 0. The number of likely N-dealkylation sites (tertiary alicyclic amines) is 1. The predicted molar refractivity (Wildman–Crippen MR) is 131 cm³/mol. The number of rotatable bonds is 7. The first-order chi connectivity index (χ1) is 14.8. The van der Waals surface area contributed by atoms with Gasteiger partial charge in [0.1, 0.15) is 5.76 Å². The number of furan rings is 1. The highest BCUT2D eigenvalue weighted by Crippen LogP contribution is 2.13. The second-order valence-corrected chi connectivity index (χ2v) is 8.50. The second kappa shape index (κ2) is 12.6. The van der Waals surface area contributed by atoms with Crippen molar-refractivity contribution in [3.8, 4) is 0 Å². The fourth-order valence-corrected chi connectivity index (χ4v) is 4.34. The van der Waals surface area contributed by atoms with Crippen molar-refractivity contribution in [3.05, 3.63) is 24.2 Å². The topological polar surface area (TPSA) is 73.5 Å². The molecule has 0 aliphatic carbocycles. The summed E-state index contributed by atoms with van der Waals surface area (Å²) in [6.45, 7) is 9.24. The number of nitrogens with zero attached hydrogens (tertiary/aromatic N) is 4. The average molecular weight is 545 g/mol. The lowest BCUT2D eigenvalue weighted by atomic mass is 10.1. The van der Waals surface area contributed by atoms with Crippen molar-refractivity contribution in [1.29, 1.82) is 0 Å². The maximum absolute atomic E-state index is 12.4. The Morgan fingerprint density at radius 2 is 1.94 bits per heavy atom. The molecule has 1 aromatic rings. The fraction of sp³-hybridized carbons (Fsp3) is 0.727. The van der Waals surface area contributed by atoms with Crippen LogP contribution >= 0.6 is 24.0 Å². The van der Waals surface area contributed by atoms with Crippen LogP contribution in [0, 0.1) is 5.92 Å². The quantitative estimate of drug-likeness (QED) is 0.320. The zero-order valence-corrected chi connectivity index (χ0v) is 20.7. The van der Waals surface area contributed by atoms with Crippen molar-refractivity contribution in [1.82, 2.24) is 20.0 Å². The number of hydrogen-bond donors (Lipinski definition) is 1. The summed E-state index contributed by atoms with van der Waals surface area (Å²) in [5.41, 5.74) is 0. The van der Waals surface area contributed by atoms with Crippen LogP contribution in [0.25, 0.3) is 0 Å². The van der Waals surface area contributed by atoms with Gasteiger partial charge in [-0.3, -0.25) is 14.7 Å². The molecule has 0 bridgehead atoms. The van der Waals surface area contributed by atoms with Gasteiger partial charge >= 0.3 is 0 Å². The van der Waals surface area contributed by atoms with Crippen LogP contribution in [0.3, 0.4) is 0 Å². The molecular formula is C22H36IN5O3. The first-order valence-electron chi connectivity index (χ1n) is 11.4. The molecule has 0 radical (unpaired) electrons. The lowest BCUT2D eigenvalue weighted by Gasteiger charge is -2.37. The summed E-state index contributed by atoms with van der Waals surface area (Å²) in [5, 5.41) is 3.53. The van der Waals surface area contributed by atoms with E-state index < -0.39 is 0 Å². The van der Waals surface area contributed by atoms with Crippen LogP contribution in [0.15, 0.2) is 27.8 Å². The monoisotopic (exact) mass is 545 g/mol. The summed E-state index contributed by atoms with van der Waals surface area (Å²) in [4.78, 5) is 24.0. The summed E-state index contributed by atoms with van der Waals surface area (Å²) in [5.74, 6) is 2.76. The highest BCUT2D eigenvalue weighted by Gasteiger charge is 2.25. The van der Waals surface area contributed by atoms with Gasteiger partial charge in [-0.1, -0.05) is 0 Å². The predicted octanol–water partition coefficient (Wildman–Crippen LogP) is 1.66. The first kappa shape index (κ1) is 24.3. The molecule has 1 aromatic heterocycles. The third kappa shape index (κ3) is 7.35. The van der Waals surface area contributed by atoms with E-state index in [9.17, 15) is 4.79 Å². The Balaban J connectivity index is 0.00000272. The molecule has 31 heavy (non-hydrogen) atoms. The van der Waals surface area contributed by atoms with Gasteiger partial charge < -0.3 is 24.3 Å². The zero-order valence-electron chi connectivity index (χ0n) is 18.3. The molecule has 0 spiro atoms. The number of guanidine groups is 1. The van der Waals surface area contributed by atoms with Crippen molar-refractivity contribution >= 4 is 35.8 Å². The number of hydrogen-bond acceptors (Lipinski definition) is 5. The van der Waals surface area contributed by atoms with Crippen LogP contribution in [0.2, 0.25) is 0 Å². The van der Waals surface area contributed by atoms with Gasteiger partial charge in [0.2, 0.25) is 5.91 Å². The third-order valence-corrected chi connectivity index (χ3v) is 6.25. The van der Waals surface area contributed by atoms with Gasteiger partial charge in [0.05, 0.1) is 19.4 Å². The van der Waals surface area contributed by atoms with Crippen LogP contribution in [0.1, 0.15) is 25.0 Å². The number of nitrogens with one attached hydrogen (secondary N) is 1. The standard InChI is InChI=1S/C22H35N5O3.HI/c28-21(26-8-1-2-9-26)17-25-10-12-27(13-11-25)22(24-16-19-6-15-29-18-19)23-7-5-20-4-3-14-30-20;/h3-4,14,19H,1-2,5-13,15-18H2,(H,23,24);1H. The molecule has 1 atom stereocenters. The number of aliphatic imine (C=N–C) groups is 1. The number of piperazine rings is 1. The van der Waals surface area contributed by atoms with Crippen LogP contribution in [0.4, 0.5) is 0 Å². The number of halogens is 1. The Hall–Kier alpha value is -1.33. The minimum atomic E-state index is 0. The Kier molecular flexibility index (Phi) is 9.92. The van der Waals surface area contributed by atoms with Crippen molar-refractivity contribution in [2.75, 3.05) is 72.1 Å². The molecule has 1 amide bonds. The molecule has 4 rings (SSSR count). The normalized spacial score (nSPS) is 22.6. The maximum Gasteiger partial charge on any atom is 0.236 e. The average Bonchev–Trinajstić information content (AvgIpc) is 3.55. The smallest absolute Gasteiger partial charge is 0.236 e. The van der Waals surface area contributed by atoms with Gasteiger partial charge in [-0.2, -0.15) is 0 Å². The summed E-state index contributed by atoms with van der Waals surface area (Å²) < 4.78 is 10.9. The molecule has 3 saturated heterocycles. The maximum atomic E-state index is 12.4.